The predicted molar refractivity (Wildman–Crippen MR) is 84.8 cm³/mol. The van der Waals surface area contributed by atoms with Gasteiger partial charge in [0.25, 0.3) is 0 Å². The molecule has 0 aromatic heterocycles. The molecule has 1 fully saturated rings. The minimum Gasteiger partial charge on any atom is -0.481 e. The van der Waals surface area contributed by atoms with Crippen molar-refractivity contribution in [1.82, 2.24) is 10.6 Å². The van der Waals surface area contributed by atoms with Crippen LogP contribution in [0.4, 0.5) is 0 Å². The Labute approximate surface area is 135 Å². The molecule has 1 unspecified atom stereocenters. The van der Waals surface area contributed by atoms with Crippen molar-refractivity contribution >= 4 is 17.8 Å². The molecule has 124 valence electrons. The molecule has 1 aromatic carbocycles. The molecule has 1 aliphatic carbocycles. The number of carbonyl (C=O) groups is 3. The molecule has 1 saturated carbocycles. The zero-order valence-electron chi connectivity index (χ0n) is 13.4. The number of benzene rings is 1. The Morgan fingerprint density at radius 2 is 1.96 bits per heavy atom. The summed E-state index contributed by atoms with van der Waals surface area (Å²) in [4.78, 5) is 35.4. The summed E-state index contributed by atoms with van der Waals surface area (Å²) in [5.74, 6) is -2.37. The molecule has 0 bridgehead atoms. The minimum absolute atomic E-state index is 0.0147. The van der Waals surface area contributed by atoms with Crippen molar-refractivity contribution in [2.45, 2.75) is 26.2 Å². The van der Waals surface area contributed by atoms with E-state index in [-0.39, 0.29) is 18.4 Å². The highest BCUT2D eigenvalue weighted by Gasteiger charge is 2.56. The molecule has 1 atom stereocenters. The first kappa shape index (κ1) is 17.0. The molecule has 0 heterocycles. The van der Waals surface area contributed by atoms with Crippen LogP contribution in [0.5, 0.6) is 0 Å². The van der Waals surface area contributed by atoms with Crippen LogP contribution >= 0.6 is 0 Å². The Morgan fingerprint density at radius 3 is 2.48 bits per heavy atom. The average molecular weight is 318 g/mol. The quantitative estimate of drug-likeness (QED) is 0.650. The van der Waals surface area contributed by atoms with E-state index in [2.05, 4.69) is 10.6 Å². The van der Waals surface area contributed by atoms with Gasteiger partial charge in [0.2, 0.25) is 11.8 Å². The number of carbonyl (C=O) groups excluding carboxylic acids is 2. The maximum absolute atomic E-state index is 12.2. The van der Waals surface area contributed by atoms with Gasteiger partial charge in [-0.3, -0.25) is 14.4 Å². The van der Waals surface area contributed by atoms with Crippen LogP contribution in [0.3, 0.4) is 0 Å². The summed E-state index contributed by atoms with van der Waals surface area (Å²) in [6.07, 6.45) is 1.35. The van der Waals surface area contributed by atoms with Crippen LogP contribution in [0.15, 0.2) is 24.3 Å². The van der Waals surface area contributed by atoms with Gasteiger partial charge in [0, 0.05) is 13.6 Å². The number of amides is 2. The summed E-state index contributed by atoms with van der Waals surface area (Å²) in [6.45, 7) is 1.96. The molecule has 0 aliphatic heterocycles. The highest BCUT2D eigenvalue weighted by molar-refractivity contribution is 6.07. The van der Waals surface area contributed by atoms with Crippen LogP contribution in [0, 0.1) is 18.3 Å². The van der Waals surface area contributed by atoms with Crippen molar-refractivity contribution in [2.75, 3.05) is 13.6 Å². The van der Waals surface area contributed by atoms with E-state index in [0.29, 0.717) is 19.3 Å². The molecule has 0 spiro atoms. The SMILES string of the molecule is CNC(=O)C1(C(=O)NCC(Cc2cccc(C)c2)C(=O)O)CC1. The number of aryl methyl sites for hydroxylation is 1. The fourth-order valence-electron chi connectivity index (χ4n) is 2.68. The largest absolute Gasteiger partial charge is 0.481 e. The molecular weight excluding hydrogens is 296 g/mol. The summed E-state index contributed by atoms with van der Waals surface area (Å²) < 4.78 is 0. The van der Waals surface area contributed by atoms with Crippen molar-refractivity contribution in [3.05, 3.63) is 35.4 Å². The van der Waals surface area contributed by atoms with E-state index in [9.17, 15) is 19.5 Å². The van der Waals surface area contributed by atoms with E-state index < -0.39 is 17.3 Å². The number of aliphatic carboxylic acids is 1. The highest BCUT2D eigenvalue weighted by Crippen LogP contribution is 2.46. The third-order valence-corrected chi connectivity index (χ3v) is 4.27. The summed E-state index contributed by atoms with van der Waals surface area (Å²) >= 11 is 0. The van der Waals surface area contributed by atoms with Crippen LogP contribution in [0.1, 0.15) is 24.0 Å². The molecule has 2 amide bonds. The highest BCUT2D eigenvalue weighted by atomic mass is 16.4. The van der Waals surface area contributed by atoms with Gasteiger partial charge >= 0.3 is 5.97 Å². The second kappa shape index (κ2) is 6.81. The topological polar surface area (TPSA) is 95.5 Å². The number of hydrogen-bond acceptors (Lipinski definition) is 3. The van der Waals surface area contributed by atoms with Crippen molar-refractivity contribution in [1.29, 1.82) is 0 Å². The molecule has 0 radical (unpaired) electrons. The lowest BCUT2D eigenvalue weighted by Gasteiger charge is -2.17. The Hall–Kier alpha value is -2.37. The third-order valence-electron chi connectivity index (χ3n) is 4.27. The predicted octanol–water partition coefficient (Wildman–Crippen LogP) is 0.881. The molecule has 6 nitrogen and oxygen atoms in total. The Morgan fingerprint density at radius 1 is 1.26 bits per heavy atom. The summed E-state index contributed by atoms with van der Waals surface area (Å²) in [7, 11) is 1.49. The van der Waals surface area contributed by atoms with E-state index in [1.807, 2.05) is 31.2 Å². The molecular formula is C17H22N2O4. The standard InChI is InChI=1S/C17H22N2O4/c1-11-4-3-5-12(8-11)9-13(14(20)21)10-19-16(23)17(6-7-17)15(22)18-2/h3-5,8,13H,6-7,9-10H2,1-2H3,(H,18,22)(H,19,23)(H,20,21). The summed E-state index contributed by atoms with van der Waals surface area (Å²) in [5, 5.41) is 14.5. The van der Waals surface area contributed by atoms with Gasteiger partial charge in [0.15, 0.2) is 0 Å². The minimum atomic E-state index is -0.999. The maximum Gasteiger partial charge on any atom is 0.308 e. The van der Waals surface area contributed by atoms with Gasteiger partial charge in [-0.2, -0.15) is 0 Å². The Balaban J connectivity index is 1.97. The van der Waals surface area contributed by atoms with E-state index in [1.165, 1.54) is 7.05 Å². The average Bonchev–Trinajstić information content (AvgIpc) is 3.32. The molecule has 2 rings (SSSR count). The van der Waals surface area contributed by atoms with Crippen LogP contribution < -0.4 is 10.6 Å². The maximum atomic E-state index is 12.2. The first-order chi connectivity index (χ1) is 10.9. The van der Waals surface area contributed by atoms with Gasteiger partial charge < -0.3 is 15.7 Å². The normalized spacial score (nSPS) is 16.3. The third kappa shape index (κ3) is 3.88. The second-order valence-electron chi connectivity index (χ2n) is 6.10. The second-order valence-corrected chi connectivity index (χ2v) is 6.10. The van der Waals surface area contributed by atoms with Crippen LogP contribution in [0.25, 0.3) is 0 Å². The van der Waals surface area contributed by atoms with E-state index in [0.717, 1.165) is 11.1 Å². The Bertz CT molecular complexity index is 623. The molecule has 6 heteroatoms. The van der Waals surface area contributed by atoms with Crippen molar-refractivity contribution in [3.8, 4) is 0 Å². The number of rotatable bonds is 7. The first-order valence-corrected chi connectivity index (χ1v) is 7.68. The lowest BCUT2D eigenvalue weighted by Crippen LogP contribution is -2.44. The lowest BCUT2D eigenvalue weighted by molar-refractivity contribution is -0.141. The van der Waals surface area contributed by atoms with Crippen molar-refractivity contribution < 1.29 is 19.5 Å². The van der Waals surface area contributed by atoms with E-state index >= 15 is 0 Å². The zero-order valence-corrected chi connectivity index (χ0v) is 13.4. The van der Waals surface area contributed by atoms with E-state index in [1.54, 1.807) is 0 Å². The van der Waals surface area contributed by atoms with Crippen molar-refractivity contribution in [2.24, 2.45) is 11.3 Å². The van der Waals surface area contributed by atoms with E-state index in [4.69, 9.17) is 0 Å². The molecule has 3 N–H and O–H groups in total. The molecule has 23 heavy (non-hydrogen) atoms. The molecule has 1 aliphatic rings. The van der Waals surface area contributed by atoms with Crippen LogP contribution in [-0.2, 0) is 20.8 Å². The van der Waals surface area contributed by atoms with Crippen LogP contribution in [-0.4, -0.2) is 36.5 Å². The number of carboxylic acid groups (broad SMARTS) is 1. The van der Waals surface area contributed by atoms with Crippen molar-refractivity contribution in [3.63, 3.8) is 0 Å². The van der Waals surface area contributed by atoms with Gasteiger partial charge in [-0.15, -0.1) is 0 Å². The molecule has 0 saturated heterocycles. The molecule has 1 aromatic rings. The number of carboxylic acids is 1. The summed E-state index contributed by atoms with van der Waals surface area (Å²) in [5.41, 5.74) is 0.979. The fourth-order valence-corrected chi connectivity index (χ4v) is 2.68. The number of nitrogens with one attached hydrogen (secondary N) is 2. The van der Waals surface area contributed by atoms with Gasteiger partial charge in [-0.25, -0.2) is 0 Å². The van der Waals surface area contributed by atoms with Crippen LogP contribution in [0.2, 0.25) is 0 Å². The summed E-state index contributed by atoms with van der Waals surface area (Å²) in [6, 6.07) is 7.64. The van der Waals surface area contributed by atoms with Gasteiger partial charge in [0.05, 0.1) is 5.92 Å². The zero-order chi connectivity index (χ0) is 17.0. The fraction of sp³-hybridized carbons (Fsp3) is 0.471. The Kier molecular flexibility index (Phi) is 5.03. The number of hydrogen-bond donors (Lipinski definition) is 3. The lowest BCUT2D eigenvalue weighted by atomic mass is 9.97. The smallest absolute Gasteiger partial charge is 0.308 e. The van der Waals surface area contributed by atoms with Gasteiger partial charge in [0.1, 0.15) is 5.41 Å². The van der Waals surface area contributed by atoms with Gasteiger partial charge in [-0.1, -0.05) is 29.8 Å². The first-order valence-electron chi connectivity index (χ1n) is 7.68. The monoisotopic (exact) mass is 318 g/mol. The van der Waals surface area contributed by atoms with Gasteiger partial charge in [-0.05, 0) is 31.7 Å².